The zero-order valence-electron chi connectivity index (χ0n) is 14.0. The molecule has 0 aliphatic carbocycles. The molecule has 2 atom stereocenters. The summed E-state index contributed by atoms with van der Waals surface area (Å²) >= 11 is 6.08. The van der Waals surface area contributed by atoms with Crippen LogP contribution < -0.4 is 14.5 Å². The Labute approximate surface area is 156 Å². The van der Waals surface area contributed by atoms with Crippen LogP contribution in [-0.2, 0) is 9.84 Å². The van der Waals surface area contributed by atoms with E-state index in [0.29, 0.717) is 22.1 Å². The molecule has 2 amide bonds. The van der Waals surface area contributed by atoms with Crippen LogP contribution in [0.15, 0.2) is 48.5 Å². The van der Waals surface area contributed by atoms with Crippen LogP contribution in [0, 0.1) is 0 Å². The minimum Gasteiger partial charge on any atom is -0.495 e. The normalized spacial score (nSPS) is 24.0. The van der Waals surface area contributed by atoms with E-state index >= 15 is 0 Å². The van der Waals surface area contributed by atoms with E-state index in [1.54, 1.807) is 48.5 Å². The molecule has 0 unspecified atom stereocenters. The second kappa shape index (κ2) is 6.17. The van der Waals surface area contributed by atoms with Crippen LogP contribution in [0.2, 0.25) is 5.02 Å². The number of halogens is 1. The third kappa shape index (κ3) is 2.71. The Hall–Kier alpha value is -2.25. The van der Waals surface area contributed by atoms with Crippen LogP contribution in [0.5, 0.6) is 5.75 Å². The molecule has 0 N–H and O–H groups in total. The molecule has 2 fully saturated rings. The van der Waals surface area contributed by atoms with Gasteiger partial charge in [-0.15, -0.1) is 0 Å². The Balaban J connectivity index is 1.84. The lowest BCUT2D eigenvalue weighted by molar-refractivity contribution is 0.255. The zero-order valence-corrected chi connectivity index (χ0v) is 15.6. The molecule has 8 heteroatoms. The van der Waals surface area contributed by atoms with Gasteiger partial charge in [-0.25, -0.2) is 13.2 Å². The van der Waals surface area contributed by atoms with Crippen LogP contribution in [0.3, 0.4) is 0 Å². The minimum absolute atomic E-state index is 0.0679. The van der Waals surface area contributed by atoms with Crippen molar-refractivity contribution in [2.75, 3.05) is 28.4 Å². The highest BCUT2D eigenvalue weighted by atomic mass is 35.5. The first-order valence-corrected chi connectivity index (χ1v) is 10.3. The molecule has 4 rings (SSSR count). The molecule has 6 nitrogen and oxygen atoms in total. The van der Waals surface area contributed by atoms with Crippen molar-refractivity contribution in [2.24, 2.45) is 0 Å². The van der Waals surface area contributed by atoms with Crippen molar-refractivity contribution in [3.8, 4) is 5.75 Å². The summed E-state index contributed by atoms with van der Waals surface area (Å²) in [4.78, 5) is 16.3. The topological polar surface area (TPSA) is 66.9 Å². The number of hydrogen-bond donors (Lipinski definition) is 0. The molecule has 0 radical (unpaired) electrons. The van der Waals surface area contributed by atoms with Crippen LogP contribution in [0.4, 0.5) is 16.2 Å². The highest BCUT2D eigenvalue weighted by Gasteiger charge is 2.55. The number of amides is 2. The summed E-state index contributed by atoms with van der Waals surface area (Å²) < 4.78 is 30.0. The lowest BCUT2D eigenvalue weighted by Gasteiger charge is -2.24. The molecule has 26 heavy (non-hydrogen) atoms. The molecule has 2 heterocycles. The minimum atomic E-state index is -3.25. The Bertz CT molecular complexity index is 979. The Morgan fingerprint density at radius 1 is 1.04 bits per heavy atom. The van der Waals surface area contributed by atoms with E-state index in [4.69, 9.17) is 16.3 Å². The number of carbonyl (C=O) groups is 1. The van der Waals surface area contributed by atoms with Crippen molar-refractivity contribution in [1.29, 1.82) is 0 Å². The second-order valence-electron chi connectivity index (χ2n) is 6.39. The molecule has 0 aromatic heterocycles. The average Bonchev–Trinajstić information content (AvgIpc) is 3.03. The number of anilines is 2. The van der Waals surface area contributed by atoms with Gasteiger partial charge >= 0.3 is 6.03 Å². The van der Waals surface area contributed by atoms with Crippen LogP contribution in [0.25, 0.3) is 0 Å². The highest BCUT2D eigenvalue weighted by molar-refractivity contribution is 7.91. The smallest absolute Gasteiger partial charge is 0.329 e. The molecule has 0 bridgehead atoms. The van der Waals surface area contributed by atoms with E-state index in [1.807, 2.05) is 0 Å². The molecule has 2 aromatic rings. The number of sulfone groups is 1. The molecule has 2 aliphatic heterocycles. The van der Waals surface area contributed by atoms with Gasteiger partial charge in [0.15, 0.2) is 9.84 Å². The third-order valence-corrected chi connectivity index (χ3v) is 6.73. The van der Waals surface area contributed by atoms with Gasteiger partial charge < -0.3 is 4.74 Å². The average molecular weight is 393 g/mol. The number of hydrogen-bond acceptors (Lipinski definition) is 4. The zero-order chi connectivity index (χ0) is 18.5. The Morgan fingerprint density at radius 2 is 1.73 bits per heavy atom. The van der Waals surface area contributed by atoms with Gasteiger partial charge in [0, 0.05) is 10.7 Å². The van der Waals surface area contributed by atoms with Gasteiger partial charge in [0.05, 0.1) is 36.4 Å². The van der Waals surface area contributed by atoms with Crippen LogP contribution in [-0.4, -0.2) is 45.1 Å². The first-order valence-electron chi connectivity index (χ1n) is 8.13. The predicted octanol–water partition coefficient (Wildman–Crippen LogP) is 2.96. The van der Waals surface area contributed by atoms with E-state index in [-0.39, 0.29) is 17.5 Å². The van der Waals surface area contributed by atoms with Crippen molar-refractivity contribution in [3.63, 3.8) is 0 Å². The maximum absolute atomic E-state index is 13.3. The largest absolute Gasteiger partial charge is 0.495 e. The Morgan fingerprint density at radius 3 is 2.42 bits per heavy atom. The SMILES string of the molecule is COc1ccccc1N1C(=O)N(c2cccc(Cl)c2)[C@H]2CS(=O)(=O)C[C@@H]21. The standard InChI is InChI=1S/C18H17ClN2O4S/c1-25-17-8-3-2-7-14(17)21-16-11-26(23,24)10-15(16)20(18(21)22)13-6-4-5-12(19)9-13/h2-9,15-16H,10-11H2,1H3/t15-,16-/m0/s1. The molecular formula is C18H17ClN2O4S. The van der Waals surface area contributed by atoms with Gasteiger partial charge in [-0.2, -0.15) is 0 Å². The molecule has 0 saturated carbocycles. The summed E-state index contributed by atoms with van der Waals surface area (Å²) in [5.41, 5.74) is 1.16. The van der Waals surface area contributed by atoms with E-state index < -0.39 is 21.9 Å². The van der Waals surface area contributed by atoms with Gasteiger partial charge in [0.1, 0.15) is 5.75 Å². The summed E-state index contributed by atoms with van der Waals surface area (Å²) in [7, 11) is -1.73. The summed E-state index contributed by atoms with van der Waals surface area (Å²) in [6.07, 6.45) is 0. The van der Waals surface area contributed by atoms with Crippen molar-refractivity contribution >= 4 is 38.8 Å². The maximum atomic E-state index is 13.3. The lowest BCUT2D eigenvalue weighted by atomic mass is 10.1. The summed E-state index contributed by atoms with van der Waals surface area (Å²) in [5, 5.41) is 0.489. The van der Waals surface area contributed by atoms with E-state index in [0.717, 1.165) is 0 Å². The summed E-state index contributed by atoms with van der Waals surface area (Å²) in [6, 6.07) is 12.8. The van der Waals surface area contributed by atoms with Gasteiger partial charge in [-0.1, -0.05) is 29.8 Å². The monoisotopic (exact) mass is 392 g/mol. The van der Waals surface area contributed by atoms with Crippen LogP contribution >= 0.6 is 11.6 Å². The number of rotatable bonds is 3. The lowest BCUT2D eigenvalue weighted by Crippen LogP contribution is -2.38. The Kier molecular flexibility index (Phi) is 4.08. The van der Waals surface area contributed by atoms with E-state index in [9.17, 15) is 13.2 Å². The fraction of sp³-hybridized carbons (Fsp3) is 0.278. The molecule has 2 saturated heterocycles. The maximum Gasteiger partial charge on any atom is 0.329 e. The highest BCUT2D eigenvalue weighted by Crippen LogP contribution is 2.41. The summed E-state index contributed by atoms with van der Waals surface area (Å²) in [5.74, 6) is 0.386. The number of ether oxygens (including phenoxy) is 1. The first kappa shape index (κ1) is 17.2. The quantitative estimate of drug-likeness (QED) is 0.753. The van der Waals surface area contributed by atoms with E-state index in [2.05, 4.69) is 0 Å². The molecular weight excluding hydrogens is 376 g/mol. The van der Waals surface area contributed by atoms with Crippen molar-refractivity contribution in [3.05, 3.63) is 53.6 Å². The van der Waals surface area contributed by atoms with Gasteiger partial charge in [0.25, 0.3) is 0 Å². The van der Waals surface area contributed by atoms with E-state index in [1.165, 1.54) is 16.9 Å². The number of para-hydroxylation sites is 2. The fourth-order valence-electron chi connectivity index (χ4n) is 3.74. The van der Waals surface area contributed by atoms with Crippen LogP contribution in [0.1, 0.15) is 0 Å². The first-order chi connectivity index (χ1) is 12.4. The number of fused-ring (bicyclic) bond motifs is 1. The van der Waals surface area contributed by atoms with Crippen molar-refractivity contribution in [1.82, 2.24) is 0 Å². The fourth-order valence-corrected chi connectivity index (χ4v) is 5.85. The number of nitrogens with zero attached hydrogens (tertiary/aromatic N) is 2. The summed E-state index contributed by atoms with van der Waals surface area (Å²) in [6.45, 7) is 0. The van der Waals surface area contributed by atoms with Gasteiger partial charge in [0.2, 0.25) is 0 Å². The van der Waals surface area contributed by atoms with Crippen molar-refractivity contribution < 1.29 is 17.9 Å². The molecule has 2 aliphatic rings. The third-order valence-electron chi connectivity index (χ3n) is 4.80. The van der Waals surface area contributed by atoms with Gasteiger partial charge in [-0.05, 0) is 30.3 Å². The second-order valence-corrected chi connectivity index (χ2v) is 8.98. The van der Waals surface area contributed by atoms with Crippen molar-refractivity contribution in [2.45, 2.75) is 12.1 Å². The number of benzene rings is 2. The van der Waals surface area contributed by atoms with Gasteiger partial charge in [-0.3, -0.25) is 9.80 Å². The molecule has 136 valence electrons. The number of carbonyl (C=O) groups excluding carboxylic acids is 1. The number of urea groups is 1. The molecule has 0 spiro atoms. The molecule has 2 aromatic carbocycles. The number of methoxy groups -OCH3 is 1. The predicted molar refractivity (Wildman–Crippen MR) is 101 cm³/mol.